The van der Waals surface area contributed by atoms with Gasteiger partial charge in [0.05, 0.1) is 14.2 Å². The minimum absolute atomic E-state index is 0.766. The molecule has 0 saturated heterocycles. The highest BCUT2D eigenvalue weighted by atomic mass is 32.2. The number of benzene rings is 1. The highest BCUT2D eigenvalue weighted by molar-refractivity contribution is 7.99. The summed E-state index contributed by atoms with van der Waals surface area (Å²) in [5.74, 6) is 3.65. The molecule has 0 radical (unpaired) electrons. The number of ether oxygens (including phenoxy) is 2. The Morgan fingerprint density at radius 2 is 2.06 bits per heavy atom. The van der Waals surface area contributed by atoms with Crippen molar-refractivity contribution in [1.29, 1.82) is 0 Å². The Morgan fingerprint density at radius 3 is 2.72 bits per heavy atom. The summed E-state index contributed by atoms with van der Waals surface area (Å²) in [7, 11) is 3.30. The molecule has 0 spiro atoms. The molecule has 0 aliphatic rings. The Balaban J connectivity index is 2.36. The van der Waals surface area contributed by atoms with Crippen LogP contribution in [0.2, 0.25) is 0 Å². The third-order valence-corrected chi connectivity index (χ3v) is 3.40. The maximum Gasteiger partial charge on any atom is 0.161 e. The SMILES string of the molecule is C=CCSCCNCc1ccc(OC)c(OC)c1. The minimum atomic E-state index is 0.766. The van der Waals surface area contributed by atoms with Crippen LogP contribution in [0.25, 0.3) is 0 Å². The Labute approximate surface area is 114 Å². The molecule has 0 bridgehead atoms. The molecule has 0 aliphatic carbocycles. The lowest BCUT2D eigenvalue weighted by Gasteiger charge is -2.10. The van der Waals surface area contributed by atoms with E-state index in [-0.39, 0.29) is 0 Å². The lowest BCUT2D eigenvalue weighted by atomic mass is 10.2. The summed E-state index contributed by atoms with van der Waals surface area (Å²) in [6, 6.07) is 5.98. The topological polar surface area (TPSA) is 30.5 Å². The van der Waals surface area contributed by atoms with Gasteiger partial charge in [-0.1, -0.05) is 12.1 Å². The first kappa shape index (κ1) is 14.9. The quantitative estimate of drug-likeness (QED) is 0.550. The van der Waals surface area contributed by atoms with Crippen LogP contribution in [0.1, 0.15) is 5.56 Å². The molecule has 0 saturated carbocycles. The zero-order valence-corrected chi connectivity index (χ0v) is 11.9. The third kappa shape index (κ3) is 5.02. The van der Waals surface area contributed by atoms with Gasteiger partial charge in [0, 0.05) is 24.6 Å². The largest absolute Gasteiger partial charge is 0.493 e. The summed E-state index contributed by atoms with van der Waals surface area (Å²) in [4.78, 5) is 0. The molecular formula is C14H21NO2S. The van der Waals surface area contributed by atoms with Crippen molar-refractivity contribution in [3.8, 4) is 11.5 Å². The average Bonchev–Trinajstić information content (AvgIpc) is 2.42. The van der Waals surface area contributed by atoms with Gasteiger partial charge in [0.2, 0.25) is 0 Å². The van der Waals surface area contributed by atoms with Gasteiger partial charge in [0.1, 0.15) is 0 Å². The minimum Gasteiger partial charge on any atom is -0.493 e. The van der Waals surface area contributed by atoms with Crippen molar-refractivity contribution in [2.24, 2.45) is 0 Å². The van der Waals surface area contributed by atoms with Crippen molar-refractivity contribution in [3.63, 3.8) is 0 Å². The third-order valence-electron chi connectivity index (χ3n) is 2.44. The first-order valence-electron chi connectivity index (χ1n) is 5.92. The molecule has 0 fully saturated rings. The van der Waals surface area contributed by atoms with Crippen LogP contribution < -0.4 is 14.8 Å². The van der Waals surface area contributed by atoms with Crippen LogP contribution in [-0.2, 0) is 6.54 Å². The van der Waals surface area contributed by atoms with Gasteiger partial charge in [0.25, 0.3) is 0 Å². The van der Waals surface area contributed by atoms with Gasteiger partial charge in [-0.15, -0.1) is 6.58 Å². The second-order valence-electron chi connectivity index (χ2n) is 3.73. The zero-order chi connectivity index (χ0) is 13.2. The number of hydrogen-bond acceptors (Lipinski definition) is 4. The normalized spacial score (nSPS) is 10.1. The van der Waals surface area contributed by atoms with E-state index in [0.717, 1.165) is 36.1 Å². The first-order valence-corrected chi connectivity index (χ1v) is 7.07. The summed E-state index contributed by atoms with van der Waals surface area (Å²) in [6.07, 6.45) is 1.93. The Hall–Kier alpha value is -1.13. The van der Waals surface area contributed by atoms with Crippen LogP contribution >= 0.6 is 11.8 Å². The van der Waals surface area contributed by atoms with Crippen molar-refractivity contribution in [2.45, 2.75) is 6.54 Å². The molecule has 0 atom stereocenters. The first-order chi connectivity index (χ1) is 8.81. The summed E-state index contributed by atoms with van der Waals surface area (Å²) in [5, 5.41) is 3.40. The molecule has 1 rings (SSSR count). The molecule has 0 unspecified atom stereocenters. The second kappa shape index (κ2) is 8.89. The molecule has 1 aromatic carbocycles. The van der Waals surface area contributed by atoms with E-state index >= 15 is 0 Å². The van der Waals surface area contributed by atoms with Gasteiger partial charge in [0.15, 0.2) is 11.5 Å². The highest BCUT2D eigenvalue weighted by Crippen LogP contribution is 2.27. The molecular weight excluding hydrogens is 246 g/mol. The van der Waals surface area contributed by atoms with E-state index in [1.54, 1.807) is 14.2 Å². The van der Waals surface area contributed by atoms with Crippen molar-refractivity contribution >= 4 is 11.8 Å². The van der Waals surface area contributed by atoms with Crippen LogP contribution in [0.5, 0.6) is 11.5 Å². The molecule has 1 N–H and O–H groups in total. The van der Waals surface area contributed by atoms with E-state index in [1.165, 1.54) is 5.56 Å². The van der Waals surface area contributed by atoms with E-state index in [2.05, 4.69) is 11.9 Å². The number of nitrogens with one attached hydrogen (secondary N) is 1. The van der Waals surface area contributed by atoms with Gasteiger partial charge in [-0.25, -0.2) is 0 Å². The predicted molar refractivity (Wildman–Crippen MR) is 78.8 cm³/mol. The molecule has 1 aromatic rings. The molecule has 0 aromatic heterocycles. The monoisotopic (exact) mass is 267 g/mol. The Kier molecular flexibility index (Phi) is 7.37. The summed E-state index contributed by atoms with van der Waals surface area (Å²) < 4.78 is 10.5. The van der Waals surface area contributed by atoms with Crippen LogP contribution in [0.15, 0.2) is 30.9 Å². The predicted octanol–water partition coefficient (Wildman–Crippen LogP) is 2.71. The lowest BCUT2D eigenvalue weighted by Crippen LogP contribution is -2.16. The maximum absolute atomic E-state index is 5.27. The fraction of sp³-hybridized carbons (Fsp3) is 0.429. The van der Waals surface area contributed by atoms with Crippen LogP contribution in [0.4, 0.5) is 0 Å². The average molecular weight is 267 g/mol. The number of methoxy groups -OCH3 is 2. The lowest BCUT2D eigenvalue weighted by molar-refractivity contribution is 0.354. The van der Waals surface area contributed by atoms with Gasteiger partial charge >= 0.3 is 0 Å². The summed E-state index contributed by atoms with van der Waals surface area (Å²) in [5.41, 5.74) is 1.20. The Bertz CT molecular complexity index is 369. The van der Waals surface area contributed by atoms with Crippen LogP contribution in [0, 0.1) is 0 Å². The molecule has 0 heterocycles. The van der Waals surface area contributed by atoms with E-state index < -0.39 is 0 Å². The van der Waals surface area contributed by atoms with Crippen molar-refractivity contribution < 1.29 is 9.47 Å². The number of thioether (sulfide) groups is 1. The fourth-order valence-corrected chi connectivity index (χ4v) is 2.16. The molecule has 0 aliphatic heterocycles. The van der Waals surface area contributed by atoms with E-state index in [0.29, 0.717) is 0 Å². The standard InChI is InChI=1S/C14H21NO2S/c1-4-8-18-9-7-15-11-12-5-6-13(16-2)14(10-12)17-3/h4-6,10,15H,1,7-9,11H2,2-3H3. The maximum atomic E-state index is 5.27. The van der Waals surface area contributed by atoms with E-state index in [9.17, 15) is 0 Å². The van der Waals surface area contributed by atoms with Crippen LogP contribution in [-0.4, -0.2) is 32.3 Å². The summed E-state index contributed by atoms with van der Waals surface area (Å²) >= 11 is 1.88. The zero-order valence-electron chi connectivity index (χ0n) is 11.1. The van der Waals surface area contributed by atoms with Gasteiger partial charge < -0.3 is 14.8 Å². The number of hydrogen-bond donors (Lipinski definition) is 1. The molecule has 0 amide bonds. The fourth-order valence-electron chi connectivity index (χ4n) is 1.53. The molecule has 3 nitrogen and oxygen atoms in total. The highest BCUT2D eigenvalue weighted by Gasteiger charge is 2.03. The van der Waals surface area contributed by atoms with Crippen molar-refractivity contribution in [2.75, 3.05) is 32.3 Å². The van der Waals surface area contributed by atoms with Gasteiger partial charge in [-0.3, -0.25) is 0 Å². The number of rotatable bonds is 9. The smallest absolute Gasteiger partial charge is 0.161 e. The van der Waals surface area contributed by atoms with Crippen LogP contribution in [0.3, 0.4) is 0 Å². The Morgan fingerprint density at radius 1 is 1.28 bits per heavy atom. The van der Waals surface area contributed by atoms with Gasteiger partial charge in [-0.2, -0.15) is 11.8 Å². The van der Waals surface area contributed by atoms with E-state index in [4.69, 9.17) is 9.47 Å². The summed E-state index contributed by atoms with van der Waals surface area (Å²) in [6.45, 7) is 5.53. The van der Waals surface area contributed by atoms with Gasteiger partial charge in [-0.05, 0) is 17.7 Å². The van der Waals surface area contributed by atoms with Crippen molar-refractivity contribution in [3.05, 3.63) is 36.4 Å². The molecule has 18 heavy (non-hydrogen) atoms. The molecule has 100 valence electrons. The second-order valence-corrected chi connectivity index (χ2v) is 4.88. The van der Waals surface area contributed by atoms with E-state index in [1.807, 2.05) is 36.0 Å². The van der Waals surface area contributed by atoms with Crippen molar-refractivity contribution in [1.82, 2.24) is 5.32 Å². The molecule has 4 heteroatoms.